The van der Waals surface area contributed by atoms with E-state index in [9.17, 15) is 4.39 Å². The van der Waals surface area contributed by atoms with Crippen LogP contribution in [-0.2, 0) is 0 Å². The van der Waals surface area contributed by atoms with Crippen LogP contribution < -0.4 is 9.06 Å². The third-order valence-electron chi connectivity index (χ3n) is 2.97. The molecule has 21 heavy (non-hydrogen) atoms. The Morgan fingerprint density at radius 2 is 1.81 bits per heavy atom. The molecule has 0 aliphatic carbocycles. The molecular weight excluding hydrogens is 301 g/mol. The van der Waals surface area contributed by atoms with Crippen molar-refractivity contribution < 1.29 is 37.7 Å². The molecule has 2 aromatic heterocycles. The van der Waals surface area contributed by atoms with E-state index in [0.717, 1.165) is 21.9 Å². The molecule has 7 heteroatoms. The number of aryl methyl sites for hydroxylation is 1. The number of aromatic nitrogens is 1. The van der Waals surface area contributed by atoms with Crippen molar-refractivity contribution in [2.45, 2.75) is 6.92 Å². The van der Waals surface area contributed by atoms with Crippen LogP contribution in [-0.4, -0.2) is 14.0 Å². The molecule has 112 valence electrons. The van der Waals surface area contributed by atoms with Gasteiger partial charge < -0.3 is 0 Å². The van der Waals surface area contributed by atoms with Crippen LogP contribution in [0.2, 0.25) is 0 Å². The summed E-state index contributed by atoms with van der Waals surface area (Å²) in [5, 5.41) is 2.04. The predicted octanol–water partition coefficient (Wildman–Crippen LogP) is 0.166. The Labute approximate surface area is 121 Å². The first-order valence-corrected chi connectivity index (χ1v) is 7.23. The monoisotopic (exact) mass is 314 g/mol. The number of rotatable bonds is 0. The summed E-state index contributed by atoms with van der Waals surface area (Å²) in [7, 11) is -4.19. The fourth-order valence-corrected chi connectivity index (χ4v) is 2.14. The van der Waals surface area contributed by atoms with Gasteiger partial charge in [-0.25, -0.2) is 4.39 Å². The molecular formula is C14H14ClFNO4+. The zero-order chi connectivity index (χ0) is 15.6. The third kappa shape index (κ3) is 4.07. The van der Waals surface area contributed by atoms with Gasteiger partial charge in [-0.3, -0.25) is 0 Å². The molecule has 0 radical (unpaired) electrons. The maximum absolute atomic E-state index is 13.2. The van der Waals surface area contributed by atoms with Crippen molar-refractivity contribution >= 4 is 16.3 Å². The zero-order valence-electron chi connectivity index (χ0n) is 11.1. The second-order valence-corrected chi connectivity index (χ2v) is 5.28. The van der Waals surface area contributed by atoms with E-state index in [1.54, 1.807) is 6.07 Å². The van der Waals surface area contributed by atoms with Gasteiger partial charge >= 0.3 is 28.9 Å². The molecule has 3 rings (SSSR count). The van der Waals surface area contributed by atoms with Gasteiger partial charge in [0.2, 0.25) is 5.52 Å². The van der Waals surface area contributed by atoms with Gasteiger partial charge in [0.25, 0.3) is 0 Å². The number of nitrogens with zero attached hydrogens (tertiary/aromatic N) is 1. The minimum absolute atomic E-state index is 0.184. The van der Waals surface area contributed by atoms with Crippen molar-refractivity contribution in [3.05, 3.63) is 60.2 Å². The van der Waals surface area contributed by atoms with Crippen LogP contribution in [0.5, 0.6) is 0 Å². The van der Waals surface area contributed by atoms with Gasteiger partial charge in [-0.2, -0.15) is 4.40 Å². The van der Waals surface area contributed by atoms with Gasteiger partial charge in [0.05, 0.1) is 0 Å². The Balaban J connectivity index is 0.000000282. The Bertz CT molecular complexity index is 783. The van der Waals surface area contributed by atoms with E-state index in [4.69, 9.17) is 18.6 Å². The number of halogens is 2. The van der Waals surface area contributed by atoms with Gasteiger partial charge in [0.15, 0.2) is 12.4 Å². The summed E-state index contributed by atoms with van der Waals surface area (Å²) < 4.78 is 45.5. The van der Waals surface area contributed by atoms with Crippen molar-refractivity contribution in [1.82, 2.24) is 0 Å². The first-order chi connectivity index (χ1) is 9.75. The molecule has 3 aromatic rings. The number of hydrogen-bond donors (Lipinski definition) is 3. The molecule has 2 heterocycles. The minimum atomic E-state index is -4.19. The average molecular weight is 315 g/mol. The van der Waals surface area contributed by atoms with Crippen LogP contribution in [0, 0.1) is 23.0 Å². The molecule has 0 spiro atoms. The van der Waals surface area contributed by atoms with E-state index in [0.29, 0.717) is 0 Å². The summed E-state index contributed by atoms with van der Waals surface area (Å²) in [5.74, 6) is -0.184. The Morgan fingerprint density at radius 3 is 2.48 bits per heavy atom. The number of benzene rings is 1. The second-order valence-electron chi connectivity index (χ2n) is 4.41. The molecule has 5 nitrogen and oxygen atoms in total. The van der Waals surface area contributed by atoms with Crippen molar-refractivity contribution in [3.63, 3.8) is 0 Å². The van der Waals surface area contributed by atoms with E-state index in [-0.39, 0.29) is 5.82 Å². The molecule has 1 aromatic carbocycles. The molecule has 0 aliphatic rings. The summed E-state index contributed by atoms with van der Waals surface area (Å²) in [6, 6.07) is 10.9. The maximum atomic E-state index is 13.2. The molecule has 0 fully saturated rings. The summed E-state index contributed by atoms with van der Waals surface area (Å²) in [6.07, 6.45) is 4.03. The molecule has 0 saturated heterocycles. The number of hydrogen-bond acceptors (Lipinski definition) is 4. The molecule has 0 saturated carbocycles. The summed E-state index contributed by atoms with van der Waals surface area (Å²) in [5.41, 5.74) is 2.22. The van der Waals surface area contributed by atoms with Gasteiger partial charge in [0.1, 0.15) is 5.82 Å². The molecule has 0 atom stereocenters. The van der Waals surface area contributed by atoms with Crippen molar-refractivity contribution in [1.29, 1.82) is 0 Å². The summed E-state index contributed by atoms with van der Waals surface area (Å²) >= 11 is 0. The molecule has 3 N–H and O–H groups in total. The average Bonchev–Trinajstić information content (AvgIpc) is 2.38. The first kappa shape index (κ1) is 15.6. The van der Waals surface area contributed by atoms with Gasteiger partial charge in [-0.1, -0.05) is 0 Å². The summed E-state index contributed by atoms with van der Waals surface area (Å²) in [6.45, 7) is 2.02. The van der Waals surface area contributed by atoms with Crippen LogP contribution in [0.1, 0.15) is 5.56 Å². The standard InChI is InChI=1S/C14H11FN.ClH3O4/c1-10-13-8-12(15)6-5-11(13)9-16-7-3-2-4-14(10)16;2-1(3,4)5/h2-9H,1H3;2-4H/q+1;. The molecule has 0 bridgehead atoms. The van der Waals surface area contributed by atoms with Crippen molar-refractivity contribution in [3.8, 4) is 0 Å². The Kier molecular flexibility index (Phi) is 4.36. The van der Waals surface area contributed by atoms with E-state index < -0.39 is 10.2 Å². The second kappa shape index (κ2) is 5.88. The topological polar surface area (TPSA) is 87.9 Å². The van der Waals surface area contributed by atoms with Crippen LogP contribution in [0.15, 0.2) is 48.8 Å². The quantitative estimate of drug-likeness (QED) is 0.408. The number of pyridine rings is 2. The molecule has 0 amide bonds. The van der Waals surface area contributed by atoms with Gasteiger partial charge in [0, 0.05) is 28.5 Å². The first-order valence-electron chi connectivity index (χ1n) is 5.91. The van der Waals surface area contributed by atoms with E-state index in [2.05, 4.69) is 4.40 Å². The van der Waals surface area contributed by atoms with E-state index >= 15 is 0 Å². The zero-order valence-corrected chi connectivity index (χ0v) is 11.8. The van der Waals surface area contributed by atoms with Crippen molar-refractivity contribution in [2.75, 3.05) is 0 Å². The Hall–Kier alpha value is -1.83. The predicted molar refractivity (Wildman–Crippen MR) is 68.5 cm³/mol. The van der Waals surface area contributed by atoms with Crippen LogP contribution in [0.3, 0.4) is 0 Å². The number of fused-ring (bicyclic) bond motifs is 2. The normalized spacial score (nSPS) is 12.1. The Morgan fingerprint density at radius 1 is 1.14 bits per heavy atom. The third-order valence-corrected chi connectivity index (χ3v) is 2.97. The fourth-order valence-electron chi connectivity index (χ4n) is 2.14. The van der Waals surface area contributed by atoms with Crippen LogP contribution >= 0.6 is 0 Å². The molecule has 0 unspecified atom stereocenters. The molecule has 0 aliphatic heterocycles. The fraction of sp³-hybridized carbons (Fsp3) is 0.0714. The van der Waals surface area contributed by atoms with Gasteiger partial charge in [-0.15, -0.1) is 0 Å². The SMILES string of the molecule is Cc1c2cc(F)ccc2c[n+]2ccccc12.[O-][Cl+](O)(O)O. The van der Waals surface area contributed by atoms with Crippen LogP contribution in [0.4, 0.5) is 4.39 Å². The summed E-state index contributed by atoms with van der Waals surface area (Å²) in [4.78, 5) is 0. The van der Waals surface area contributed by atoms with E-state index in [1.807, 2.05) is 43.6 Å². The van der Waals surface area contributed by atoms with Crippen molar-refractivity contribution in [2.24, 2.45) is 0 Å². The van der Waals surface area contributed by atoms with Crippen LogP contribution in [0.25, 0.3) is 16.3 Å². The van der Waals surface area contributed by atoms with E-state index in [1.165, 1.54) is 6.07 Å². The van der Waals surface area contributed by atoms with Gasteiger partial charge in [-0.05, 0) is 31.2 Å².